The van der Waals surface area contributed by atoms with Crippen LogP contribution in [0.25, 0.3) is 0 Å². The van der Waals surface area contributed by atoms with Gasteiger partial charge in [-0.25, -0.2) is 0 Å². The summed E-state index contributed by atoms with van der Waals surface area (Å²) in [6.07, 6.45) is 0.341. The number of carboxylic acids is 1. The lowest BCUT2D eigenvalue weighted by Gasteiger charge is -2.09. The van der Waals surface area contributed by atoms with E-state index in [1.54, 1.807) is 6.92 Å². The maximum atomic E-state index is 10.9. The average Bonchev–Trinajstić information content (AvgIpc) is 2.34. The molecule has 0 amide bonds. The molecule has 0 radical (unpaired) electrons. The molecule has 0 fully saturated rings. The number of nitriles is 1. The van der Waals surface area contributed by atoms with E-state index in [-0.39, 0.29) is 16.1 Å². The van der Waals surface area contributed by atoms with Gasteiger partial charge < -0.3 is 5.11 Å². The van der Waals surface area contributed by atoms with Crippen molar-refractivity contribution in [3.05, 3.63) is 33.9 Å². The highest BCUT2D eigenvalue weighted by Gasteiger charge is 2.22. The molecule has 0 aliphatic heterocycles. The minimum Gasteiger partial charge on any atom is -0.480 e. The molecule has 0 saturated carbocycles. The zero-order chi connectivity index (χ0) is 13.7. The molecular formula is C11H10N2O4S. The van der Waals surface area contributed by atoms with Gasteiger partial charge in [-0.1, -0.05) is 6.92 Å². The second kappa shape index (κ2) is 6.02. The predicted molar refractivity (Wildman–Crippen MR) is 65.4 cm³/mol. The number of aliphatic carboxylic acids is 1. The first-order valence-electron chi connectivity index (χ1n) is 5.07. The third-order valence-electron chi connectivity index (χ3n) is 2.20. The Hall–Kier alpha value is -2.07. The molecule has 0 spiro atoms. The number of nitro groups is 1. The minimum absolute atomic E-state index is 0.182. The van der Waals surface area contributed by atoms with Gasteiger partial charge in [-0.15, -0.1) is 11.8 Å². The topological polar surface area (TPSA) is 104 Å². The Bertz CT molecular complexity index is 524. The standard InChI is InChI=1S/C11H10N2O4S/c1-2-9(11(14)15)18-10-5-7(6-12)3-4-8(10)13(16)17/h3-5,9H,2H2,1H3,(H,14,15). The van der Waals surface area contributed by atoms with Gasteiger partial charge in [0.25, 0.3) is 5.69 Å². The lowest BCUT2D eigenvalue weighted by atomic mass is 10.2. The Morgan fingerprint density at radius 1 is 1.67 bits per heavy atom. The zero-order valence-electron chi connectivity index (χ0n) is 9.49. The van der Waals surface area contributed by atoms with Crippen LogP contribution in [0.1, 0.15) is 18.9 Å². The first kappa shape index (κ1) is 14.0. The van der Waals surface area contributed by atoms with E-state index < -0.39 is 16.1 Å². The maximum absolute atomic E-state index is 10.9. The summed E-state index contributed by atoms with van der Waals surface area (Å²) in [6.45, 7) is 1.69. The molecule has 0 heterocycles. The number of nitro benzene ring substituents is 1. The van der Waals surface area contributed by atoms with Crippen LogP contribution in [0.4, 0.5) is 5.69 Å². The summed E-state index contributed by atoms with van der Waals surface area (Å²) in [6, 6.07) is 5.77. The van der Waals surface area contributed by atoms with Gasteiger partial charge in [0.2, 0.25) is 0 Å². The van der Waals surface area contributed by atoms with E-state index in [1.165, 1.54) is 18.2 Å². The van der Waals surface area contributed by atoms with Crippen molar-refractivity contribution in [3.63, 3.8) is 0 Å². The van der Waals surface area contributed by atoms with Crippen molar-refractivity contribution < 1.29 is 14.8 Å². The Kier molecular flexibility index (Phi) is 4.68. The van der Waals surface area contributed by atoms with Gasteiger partial charge in [0.05, 0.1) is 21.5 Å². The van der Waals surface area contributed by atoms with E-state index in [4.69, 9.17) is 10.4 Å². The van der Waals surface area contributed by atoms with Crippen LogP contribution in [0.2, 0.25) is 0 Å². The van der Waals surface area contributed by atoms with Crippen LogP contribution in [0.3, 0.4) is 0 Å². The van der Waals surface area contributed by atoms with Crippen molar-refractivity contribution in [2.24, 2.45) is 0 Å². The van der Waals surface area contributed by atoms with Gasteiger partial charge in [-0.05, 0) is 18.6 Å². The summed E-state index contributed by atoms with van der Waals surface area (Å²) >= 11 is 0.889. The molecule has 18 heavy (non-hydrogen) atoms. The van der Waals surface area contributed by atoms with Crippen LogP contribution in [0.15, 0.2) is 23.1 Å². The number of benzene rings is 1. The molecule has 0 saturated heterocycles. The van der Waals surface area contributed by atoms with E-state index in [2.05, 4.69) is 0 Å². The summed E-state index contributed by atoms with van der Waals surface area (Å²) in [5, 5.41) is 27.7. The van der Waals surface area contributed by atoms with E-state index in [0.717, 1.165) is 11.8 Å². The van der Waals surface area contributed by atoms with Gasteiger partial charge in [0, 0.05) is 6.07 Å². The van der Waals surface area contributed by atoms with Gasteiger partial charge in [-0.3, -0.25) is 14.9 Å². The van der Waals surface area contributed by atoms with Crippen LogP contribution in [-0.2, 0) is 4.79 Å². The molecule has 1 N–H and O–H groups in total. The fourth-order valence-corrected chi connectivity index (χ4v) is 2.32. The zero-order valence-corrected chi connectivity index (χ0v) is 10.3. The Balaban J connectivity index is 3.16. The summed E-state index contributed by atoms with van der Waals surface area (Å²) in [5.41, 5.74) is 0.0852. The quantitative estimate of drug-likeness (QED) is 0.498. The molecule has 94 valence electrons. The normalized spacial score (nSPS) is 11.6. The van der Waals surface area contributed by atoms with Crippen molar-refractivity contribution in [1.82, 2.24) is 0 Å². The first-order valence-corrected chi connectivity index (χ1v) is 5.95. The second-order valence-corrected chi connectivity index (χ2v) is 4.65. The lowest BCUT2D eigenvalue weighted by molar-refractivity contribution is -0.387. The third kappa shape index (κ3) is 3.21. The fraction of sp³-hybridized carbons (Fsp3) is 0.273. The van der Waals surface area contributed by atoms with Crippen molar-refractivity contribution in [2.75, 3.05) is 0 Å². The Morgan fingerprint density at radius 3 is 2.78 bits per heavy atom. The smallest absolute Gasteiger partial charge is 0.316 e. The number of rotatable bonds is 5. The summed E-state index contributed by atoms with van der Waals surface area (Å²) < 4.78 is 0. The second-order valence-electron chi connectivity index (χ2n) is 3.40. The first-order chi connectivity index (χ1) is 8.49. The fourth-order valence-electron chi connectivity index (χ4n) is 1.29. The SMILES string of the molecule is CCC(Sc1cc(C#N)ccc1[N+](=O)[O-])C(=O)O. The number of carboxylic acid groups (broad SMARTS) is 1. The Morgan fingerprint density at radius 2 is 2.33 bits per heavy atom. The van der Waals surface area contributed by atoms with Crippen LogP contribution in [-0.4, -0.2) is 21.2 Å². The Labute approximate surface area is 107 Å². The lowest BCUT2D eigenvalue weighted by Crippen LogP contribution is -2.15. The minimum atomic E-state index is -1.03. The number of hydrogen-bond donors (Lipinski definition) is 1. The molecule has 0 aromatic heterocycles. The van der Waals surface area contributed by atoms with E-state index in [0.29, 0.717) is 6.42 Å². The van der Waals surface area contributed by atoms with Crippen molar-refractivity contribution in [1.29, 1.82) is 5.26 Å². The molecule has 1 aromatic rings. The highest BCUT2D eigenvalue weighted by Crippen LogP contribution is 2.34. The summed E-state index contributed by atoms with van der Waals surface area (Å²) in [7, 11) is 0. The monoisotopic (exact) mass is 266 g/mol. The van der Waals surface area contributed by atoms with Crippen LogP contribution >= 0.6 is 11.8 Å². The third-order valence-corrected chi connectivity index (χ3v) is 3.60. The molecule has 1 atom stereocenters. The molecule has 0 bridgehead atoms. The van der Waals surface area contributed by atoms with E-state index in [9.17, 15) is 14.9 Å². The largest absolute Gasteiger partial charge is 0.480 e. The summed E-state index contributed by atoms with van der Waals surface area (Å²) in [4.78, 5) is 21.4. The molecule has 0 aliphatic rings. The number of nitrogens with zero attached hydrogens (tertiary/aromatic N) is 2. The highest BCUT2D eigenvalue weighted by atomic mass is 32.2. The molecule has 1 rings (SSSR count). The van der Waals surface area contributed by atoms with Gasteiger partial charge in [-0.2, -0.15) is 5.26 Å². The average molecular weight is 266 g/mol. The van der Waals surface area contributed by atoms with Crippen LogP contribution < -0.4 is 0 Å². The molecule has 6 nitrogen and oxygen atoms in total. The van der Waals surface area contributed by atoms with Crippen molar-refractivity contribution in [2.45, 2.75) is 23.5 Å². The van der Waals surface area contributed by atoms with Gasteiger partial charge >= 0.3 is 5.97 Å². The molecular weight excluding hydrogens is 256 g/mol. The van der Waals surface area contributed by atoms with Crippen molar-refractivity contribution >= 4 is 23.4 Å². The van der Waals surface area contributed by atoms with E-state index in [1.807, 2.05) is 6.07 Å². The van der Waals surface area contributed by atoms with Crippen molar-refractivity contribution in [3.8, 4) is 6.07 Å². The summed E-state index contributed by atoms with van der Waals surface area (Å²) in [5.74, 6) is -1.03. The van der Waals surface area contributed by atoms with Gasteiger partial charge in [0.1, 0.15) is 5.25 Å². The molecule has 7 heteroatoms. The molecule has 1 unspecified atom stereocenters. The van der Waals surface area contributed by atoms with E-state index >= 15 is 0 Å². The van der Waals surface area contributed by atoms with Crippen LogP contribution in [0, 0.1) is 21.4 Å². The maximum Gasteiger partial charge on any atom is 0.316 e. The number of hydrogen-bond acceptors (Lipinski definition) is 5. The van der Waals surface area contributed by atoms with Crippen LogP contribution in [0.5, 0.6) is 0 Å². The predicted octanol–water partition coefficient (Wildman–Crippen LogP) is 2.42. The van der Waals surface area contributed by atoms with Gasteiger partial charge in [0.15, 0.2) is 0 Å². The molecule has 0 aliphatic carbocycles. The highest BCUT2D eigenvalue weighted by molar-refractivity contribution is 8.00. The molecule has 1 aromatic carbocycles. The number of carbonyl (C=O) groups is 1. The number of thioether (sulfide) groups is 1.